The van der Waals surface area contributed by atoms with Gasteiger partial charge in [-0.25, -0.2) is 4.39 Å². The first kappa shape index (κ1) is 18.0. The van der Waals surface area contributed by atoms with Gasteiger partial charge < -0.3 is 19.9 Å². The molecule has 4 heterocycles. The predicted molar refractivity (Wildman–Crippen MR) is 102 cm³/mol. The zero-order chi connectivity index (χ0) is 19.8. The molecule has 2 fully saturated rings. The largest absolute Gasteiger partial charge is 0.507 e. The second-order valence-corrected chi connectivity index (χ2v) is 7.32. The Morgan fingerprint density at radius 3 is 2.83 bits per heavy atom. The SMILES string of the molecule is Oc1cc(-c2cn[nH]c2)ccc1-c1ccc(O[C@@H]2CC3COCC(N3)[C@@H]2F)nn1. The first-order valence-corrected chi connectivity index (χ1v) is 9.48. The zero-order valence-corrected chi connectivity index (χ0v) is 15.5. The Bertz CT molecular complexity index is 982. The van der Waals surface area contributed by atoms with Gasteiger partial charge in [0.05, 0.1) is 31.1 Å². The van der Waals surface area contributed by atoms with Crippen molar-refractivity contribution in [3.8, 4) is 34.0 Å². The van der Waals surface area contributed by atoms with Crippen molar-refractivity contribution < 1.29 is 19.0 Å². The summed E-state index contributed by atoms with van der Waals surface area (Å²) >= 11 is 0. The number of alkyl halides is 1. The molecule has 0 saturated carbocycles. The minimum Gasteiger partial charge on any atom is -0.507 e. The number of nitrogens with one attached hydrogen (secondary N) is 2. The minimum atomic E-state index is -1.17. The van der Waals surface area contributed by atoms with Crippen molar-refractivity contribution in [3.05, 3.63) is 42.7 Å². The molecular weight excluding hydrogens is 377 g/mol. The summed E-state index contributed by atoms with van der Waals surface area (Å²) < 4.78 is 25.8. The molecule has 2 unspecified atom stereocenters. The van der Waals surface area contributed by atoms with Gasteiger partial charge in [0, 0.05) is 35.9 Å². The van der Waals surface area contributed by atoms with Crippen LogP contribution in [0.15, 0.2) is 42.7 Å². The van der Waals surface area contributed by atoms with Crippen molar-refractivity contribution in [2.45, 2.75) is 30.8 Å². The van der Waals surface area contributed by atoms with Crippen molar-refractivity contribution in [1.29, 1.82) is 0 Å². The number of piperidine rings is 1. The number of aromatic nitrogens is 4. The summed E-state index contributed by atoms with van der Waals surface area (Å²) in [5.41, 5.74) is 2.76. The molecule has 2 aromatic heterocycles. The Balaban J connectivity index is 1.31. The number of aromatic hydroxyl groups is 1. The zero-order valence-electron chi connectivity index (χ0n) is 15.5. The number of ether oxygens (including phenoxy) is 2. The molecule has 3 N–H and O–H groups in total. The lowest BCUT2D eigenvalue weighted by molar-refractivity contribution is -0.0594. The molecule has 0 radical (unpaired) electrons. The van der Waals surface area contributed by atoms with Gasteiger partial charge in [0.15, 0.2) is 6.17 Å². The number of morpholine rings is 1. The van der Waals surface area contributed by atoms with Gasteiger partial charge in [-0.1, -0.05) is 6.07 Å². The summed E-state index contributed by atoms with van der Waals surface area (Å²) in [4.78, 5) is 0. The number of aromatic amines is 1. The number of benzene rings is 1. The van der Waals surface area contributed by atoms with Crippen molar-refractivity contribution in [1.82, 2.24) is 25.7 Å². The molecule has 0 spiro atoms. The number of fused-ring (bicyclic) bond motifs is 2. The Labute approximate surface area is 166 Å². The standard InChI is InChI=1S/C20H20FN5O3/c21-20-16-10-28-9-13(24-16)6-18(20)29-19-4-3-15(25-26-19)14-2-1-11(5-17(14)27)12-7-22-23-8-12/h1-5,7-8,13,16,18,20,24,27H,6,9-10H2,(H,22,23)/t13?,16?,18-,20+/m1/s1. The molecule has 1 aromatic carbocycles. The fourth-order valence-corrected chi connectivity index (χ4v) is 3.86. The van der Waals surface area contributed by atoms with Crippen molar-refractivity contribution in [3.63, 3.8) is 0 Å². The quantitative estimate of drug-likeness (QED) is 0.619. The van der Waals surface area contributed by atoms with Crippen LogP contribution in [0.3, 0.4) is 0 Å². The third kappa shape index (κ3) is 3.54. The highest BCUT2D eigenvalue weighted by atomic mass is 19.1. The van der Waals surface area contributed by atoms with Gasteiger partial charge in [-0.3, -0.25) is 5.10 Å². The van der Waals surface area contributed by atoms with E-state index in [1.165, 1.54) is 0 Å². The van der Waals surface area contributed by atoms with E-state index >= 15 is 0 Å². The van der Waals surface area contributed by atoms with Crippen molar-refractivity contribution in [2.24, 2.45) is 0 Å². The summed E-state index contributed by atoms with van der Waals surface area (Å²) in [6, 6.07) is 8.37. The number of phenols is 1. The summed E-state index contributed by atoms with van der Waals surface area (Å²) in [6.45, 7) is 0.901. The van der Waals surface area contributed by atoms with E-state index in [9.17, 15) is 9.50 Å². The summed E-state index contributed by atoms with van der Waals surface area (Å²) in [6.07, 6.45) is 2.18. The van der Waals surface area contributed by atoms with E-state index in [1.807, 2.05) is 6.07 Å². The molecule has 29 heavy (non-hydrogen) atoms. The van der Waals surface area contributed by atoms with Gasteiger partial charge in [0.25, 0.3) is 0 Å². The maximum atomic E-state index is 14.6. The highest BCUT2D eigenvalue weighted by Crippen LogP contribution is 2.32. The monoisotopic (exact) mass is 397 g/mol. The van der Waals surface area contributed by atoms with Gasteiger partial charge in [-0.05, 0) is 23.8 Å². The van der Waals surface area contributed by atoms with Crippen LogP contribution in [0.2, 0.25) is 0 Å². The molecule has 0 aliphatic carbocycles. The molecule has 8 nitrogen and oxygen atoms in total. The molecule has 2 saturated heterocycles. The molecule has 9 heteroatoms. The Morgan fingerprint density at radius 1 is 1.14 bits per heavy atom. The molecular formula is C20H20FN5O3. The van der Waals surface area contributed by atoms with Crippen LogP contribution >= 0.6 is 0 Å². The highest BCUT2D eigenvalue weighted by Gasteiger charge is 2.42. The lowest BCUT2D eigenvalue weighted by Crippen LogP contribution is -2.62. The Hall–Kier alpha value is -3.04. The van der Waals surface area contributed by atoms with Crippen LogP contribution in [0.25, 0.3) is 22.4 Å². The van der Waals surface area contributed by atoms with E-state index in [0.717, 1.165) is 11.1 Å². The average Bonchev–Trinajstić information content (AvgIpc) is 3.28. The molecule has 2 aliphatic rings. The van der Waals surface area contributed by atoms with E-state index in [0.29, 0.717) is 30.9 Å². The number of rotatable bonds is 4. The summed E-state index contributed by atoms with van der Waals surface area (Å²) in [5, 5.41) is 28.5. The molecule has 3 aromatic rings. The van der Waals surface area contributed by atoms with Crippen LogP contribution in [0.1, 0.15) is 6.42 Å². The van der Waals surface area contributed by atoms with Gasteiger partial charge >= 0.3 is 0 Å². The van der Waals surface area contributed by atoms with Crippen molar-refractivity contribution in [2.75, 3.05) is 13.2 Å². The average molecular weight is 397 g/mol. The predicted octanol–water partition coefficient (Wildman–Crippen LogP) is 2.09. The maximum absolute atomic E-state index is 14.6. The molecule has 2 aliphatic heterocycles. The summed E-state index contributed by atoms with van der Waals surface area (Å²) in [7, 11) is 0. The first-order chi connectivity index (χ1) is 14.2. The third-order valence-corrected chi connectivity index (χ3v) is 5.34. The number of nitrogens with zero attached hydrogens (tertiary/aromatic N) is 3. The lowest BCUT2D eigenvalue weighted by Gasteiger charge is -2.41. The van der Waals surface area contributed by atoms with Gasteiger partial charge in [-0.2, -0.15) is 5.10 Å². The van der Waals surface area contributed by atoms with E-state index in [4.69, 9.17) is 9.47 Å². The minimum absolute atomic E-state index is 0.0849. The number of phenolic OH excluding ortho intramolecular Hbond substituents is 1. The topological polar surface area (TPSA) is 105 Å². The second-order valence-electron chi connectivity index (χ2n) is 7.32. The van der Waals surface area contributed by atoms with E-state index in [-0.39, 0.29) is 23.7 Å². The highest BCUT2D eigenvalue weighted by molar-refractivity contribution is 5.73. The van der Waals surface area contributed by atoms with Crippen LogP contribution in [-0.4, -0.2) is 63.1 Å². The van der Waals surface area contributed by atoms with Crippen LogP contribution in [0.5, 0.6) is 11.6 Å². The number of halogens is 1. The van der Waals surface area contributed by atoms with E-state index < -0.39 is 12.3 Å². The van der Waals surface area contributed by atoms with Crippen LogP contribution < -0.4 is 10.1 Å². The van der Waals surface area contributed by atoms with Gasteiger partial charge in [0.1, 0.15) is 11.9 Å². The normalized spacial score (nSPS) is 26.2. The molecule has 150 valence electrons. The van der Waals surface area contributed by atoms with Gasteiger partial charge in [0.2, 0.25) is 5.88 Å². The van der Waals surface area contributed by atoms with Crippen molar-refractivity contribution >= 4 is 0 Å². The number of hydrogen-bond donors (Lipinski definition) is 3. The van der Waals surface area contributed by atoms with Crippen LogP contribution in [0.4, 0.5) is 4.39 Å². The molecule has 2 bridgehead atoms. The second kappa shape index (κ2) is 7.41. The fourth-order valence-electron chi connectivity index (χ4n) is 3.86. The third-order valence-electron chi connectivity index (χ3n) is 5.34. The van der Waals surface area contributed by atoms with Crippen LogP contribution in [-0.2, 0) is 4.74 Å². The lowest BCUT2D eigenvalue weighted by atomic mass is 9.93. The number of H-pyrrole nitrogens is 1. The Kier molecular flexibility index (Phi) is 4.61. The maximum Gasteiger partial charge on any atom is 0.233 e. The van der Waals surface area contributed by atoms with E-state index in [1.54, 1.807) is 36.7 Å². The smallest absolute Gasteiger partial charge is 0.233 e. The molecule has 5 rings (SSSR count). The van der Waals surface area contributed by atoms with Crippen LogP contribution in [0, 0.1) is 0 Å². The number of hydrogen-bond acceptors (Lipinski definition) is 7. The van der Waals surface area contributed by atoms with E-state index in [2.05, 4.69) is 25.7 Å². The summed E-state index contributed by atoms with van der Waals surface area (Å²) in [5.74, 6) is 0.346. The molecule has 0 amide bonds. The van der Waals surface area contributed by atoms with Gasteiger partial charge in [-0.15, -0.1) is 10.2 Å². The molecule has 4 atom stereocenters. The fraction of sp³-hybridized carbons (Fsp3) is 0.350. The Morgan fingerprint density at radius 2 is 2.07 bits per heavy atom. The first-order valence-electron chi connectivity index (χ1n) is 9.48.